The number of carbonyl (C=O) groups excluding carboxylic acids is 2. The van der Waals surface area contributed by atoms with Crippen LogP contribution in [0.5, 0.6) is 11.5 Å². The molecule has 1 fully saturated rings. The maximum Gasteiger partial charge on any atom is 0.223 e. The molecule has 132 valence electrons. The lowest BCUT2D eigenvalue weighted by Gasteiger charge is -2.34. The molecule has 2 aliphatic heterocycles. The van der Waals surface area contributed by atoms with Gasteiger partial charge in [0.05, 0.1) is 0 Å². The summed E-state index contributed by atoms with van der Waals surface area (Å²) in [5.74, 6) is 1.27. The Bertz CT molecular complexity index is 608. The van der Waals surface area contributed by atoms with Gasteiger partial charge in [-0.1, -0.05) is 0 Å². The third kappa shape index (κ3) is 4.19. The molecule has 3 rings (SSSR count). The molecule has 1 N–H and O–H groups in total. The first kappa shape index (κ1) is 18.5. The molecule has 1 aromatic carbocycles. The topological polar surface area (TPSA) is 67.9 Å². The average molecular weight is 355 g/mol. The van der Waals surface area contributed by atoms with Crippen molar-refractivity contribution in [2.45, 2.75) is 25.8 Å². The normalized spacial score (nSPS) is 19.4. The van der Waals surface area contributed by atoms with Crippen molar-refractivity contribution < 1.29 is 19.1 Å². The highest BCUT2D eigenvalue weighted by molar-refractivity contribution is 5.98. The van der Waals surface area contributed by atoms with Crippen molar-refractivity contribution in [3.8, 4) is 11.5 Å². The quantitative estimate of drug-likeness (QED) is 0.833. The van der Waals surface area contributed by atoms with Gasteiger partial charge in [-0.3, -0.25) is 9.59 Å². The first-order valence-electron chi connectivity index (χ1n) is 8.08. The van der Waals surface area contributed by atoms with Crippen LogP contribution in [0.15, 0.2) is 18.2 Å². The van der Waals surface area contributed by atoms with Crippen LogP contribution in [0.25, 0.3) is 0 Å². The van der Waals surface area contributed by atoms with Gasteiger partial charge in [0, 0.05) is 44.1 Å². The molecule has 0 radical (unpaired) electrons. The Labute approximate surface area is 147 Å². The number of piperazine rings is 1. The second-order valence-corrected chi connectivity index (χ2v) is 5.92. The van der Waals surface area contributed by atoms with E-state index in [9.17, 15) is 9.59 Å². The van der Waals surface area contributed by atoms with E-state index in [2.05, 4.69) is 5.32 Å². The van der Waals surface area contributed by atoms with Crippen LogP contribution >= 0.6 is 12.4 Å². The van der Waals surface area contributed by atoms with Crippen LogP contribution in [0.3, 0.4) is 0 Å². The standard InChI is InChI=1S/C17H22N2O4.ClH/c1-12-11-18-6-7-19(12)17(21)5-3-14(20)13-2-4-15-16(10-13)23-9-8-22-15;/h2,4,10,12,18H,3,5-9,11H2,1H3;1H/t12-;/m0./s1. The number of nitrogens with zero attached hydrogens (tertiary/aromatic N) is 1. The van der Waals surface area contributed by atoms with Crippen molar-refractivity contribution in [3.05, 3.63) is 23.8 Å². The van der Waals surface area contributed by atoms with Crippen LogP contribution in [-0.2, 0) is 4.79 Å². The number of hydrogen-bond acceptors (Lipinski definition) is 5. The number of fused-ring (bicyclic) bond motifs is 1. The van der Waals surface area contributed by atoms with Crippen molar-refractivity contribution in [2.24, 2.45) is 0 Å². The first-order chi connectivity index (χ1) is 11.1. The van der Waals surface area contributed by atoms with Crippen LogP contribution in [-0.4, -0.2) is 55.5 Å². The number of Topliss-reactive ketones (excluding diaryl/α,β-unsaturated/α-hetero) is 1. The van der Waals surface area contributed by atoms with Crippen LogP contribution < -0.4 is 14.8 Å². The van der Waals surface area contributed by atoms with Gasteiger partial charge in [-0.2, -0.15) is 0 Å². The number of halogens is 1. The van der Waals surface area contributed by atoms with E-state index in [4.69, 9.17) is 9.47 Å². The Kier molecular flexibility index (Phi) is 6.45. The summed E-state index contributed by atoms with van der Waals surface area (Å²) in [6.45, 7) is 5.36. The highest BCUT2D eigenvalue weighted by Gasteiger charge is 2.23. The van der Waals surface area contributed by atoms with E-state index in [-0.39, 0.29) is 43.0 Å². The van der Waals surface area contributed by atoms with Crippen molar-refractivity contribution >= 4 is 24.1 Å². The van der Waals surface area contributed by atoms with E-state index in [1.807, 2.05) is 11.8 Å². The third-order valence-corrected chi connectivity index (χ3v) is 4.25. The number of ketones is 1. The number of amides is 1. The lowest BCUT2D eigenvalue weighted by atomic mass is 10.0. The first-order valence-corrected chi connectivity index (χ1v) is 8.08. The zero-order valence-electron chi connectivity index (χ0n) is 13.7. The molecular weight excluding hydrogens is 332 g/mol. The Morgan fingerprint density at radius 2 is 1.96 bits per heavy atom. The van der Waals surface area contributed by atoms with Crippen LogP contribution in [0, 0.1) is 0 Å². The summed E-state index contributed by atoms with van der Waals surface area (Å²) in [5.41, 5.74) is 0.565. The summed E-state index contributed by atoms with van der Waals surface area (Å²) in [4.78, 5) is 26.5. The Morgan fingerprint density at radius 1 is 1.21 bits per heavy atom. The summed E-state index contributed by atoms with van der Waals surface area (Å²) >= 11 is 0. The third-order valence-electron chi connectivity index (χ3n) is 4.25. The van der Waals surface area contributed by atoms with Crippen LogP contribution in [0.1, 0.15) is 30.1 Å². The van der Waals surface area contributed by atoms with Crippen LogP contribution in [0.4, 0.5) is 0 Å². The minimum absolute atomic E-state index is 0. The van der Waals surface area contributed by atoms with Crippen molar-refractivity contribution in [3.63, 3.8) is 0 Å². The number of rotatable bonds is 4. The molecule has 0 bridgehead atoms. The van der Waals surface area contributed by atoms with Crippen molar-refractivity contribution in [1.29, 1.82) is 0 Å². The van der Waals surface area contributed by atoms with Gasteiger partial charge in [-0.25, -0.2) is 0 Å². The molecule has 2 aliphatic rings. The molecule has 0 aliphatic carbocycles. The molecule has 0 saturated carbocycles. The second kappa shape index (κ2) is 8.35. The fourth-order valence-electron chi connectivity index (χ4n) is 2.94. The summed E-state index contributed by atoms with van der Waals surface area (Å²) in [6, 6.07) is 5.37. The Hall–Kier alpha value is -1.79. The zero-order chi connectivity index (χ0) is 16.2. The highest BCUT2D eigenvalue weighted by atomic mass is 35.5. The molecular formula is C17H23ClN2O4. The molecule has 6 nitrogen and oxygen atoms in total. The van der Waals surface area contributed by atoms with Gasteiger partial charge in [0.1, 0.15) is 13.2 Å². The molecule has 1 atom stereocenters. The maximum atomic E-state index is 12.3. The number of ether oxygens (including phenoxy) is 2. The molecule has 0 spiro atoms. The number of nitrogens with one attached hydrogen (secondary N) is 1. The fraction of sp³-hybridized carbons (Fsp3) is 0.529. The summed E-state index contributed by atoms with van der Waals surface area (Å²) in [7, 11) is 0. The van der Waals surface area contributed by atoms with E-state index < -0.39 is 0 Å². The minimum Gasteiger partial charge on any atom is -0.486 e. The van der Waals surface area contributed by atoms with Crippen LogP contribution in [0.2, 0.25) is 0 Å². The number of hydrogen-bond donors (Lipinski definition) is 1. The molecule has 7 heteroatoms. The predicted molar refractivity (Wildman–Crippen MR) is 92.3 cm³/mol. The molecule has 0 aromatic heterocycles. The van der Waals surface area contributed by atoms with E-state index >= 15 is 0 Å². The van der Waals surface area contributed by atoms with Crippen molar-refractivity contribution in [1.82, 2.24) is 10.2 Å². The predicted octanol–water partition coefficient (Wildman–Crippen LogP) is 1.66. The minimum atomic E-state index is -0.0434. The van der Waals surface area contributed by atoms with Gasteiger partial charge < -0.3 is 19.7 Å². The maximum absolute atomic E-state index is 12.3. The van der Waals surface area contributed by atoms with Gasteiger partial charge in [0.2, 0.25) is 5.91 Å². The van der Waals surface area contributed by atoms with Gasteiger partial charge in [0.25, 0.3) is 0 Å². The van der Waals surface area contributed by atoms with Gasteiger partial charge in [-0.05, 0) is 25.1 Å². The van der Waals surface area contributed by atoms with Gasteiger partial charge in [0.15, 0.2) is 17.3 Å². The second-order valence-electron chi connectivity index (χ2n) is 5.92. The molecule has 1 aromatic rings. The highest BCUT2D eigenvalue weighted by Crippen LogP contribution is 2.31. The fourth-order valence-corrected chi connectivity index (χ4v) is 2.94. The van der Waals surface area contributed by atoms with Gasteiger partial charge in [-0.15, -0.1) is 12.4 Å². The Morgan fingerprint density at radius 3 is 2.71 bits per heavy atom. The zero-order valence-corrected chi connectivity index (χ0v) is 14.6. The molecule has 24 heavy (non-hydrogen) atoms. The molecule has 2 heterocycles. The van der Waals surface area contributed by atoms with E-state index in [0.29, 0.717) is 36.8 Å². The smallest absolute Gasteiger partial charge is 0.223 e. The van der Waals surface area contributed by atoms with Crippen molar-refractivity contribution in [2.75, 3.05) is 32.8 Å². The number of carbonyl (C=O) groups is 2. The van der Waals surface area contributed by atoms with Gasteiger partial charge >= 0.3 is 0 Å². The largest absolute Gasteiger partial charge is 0.486 e. The number of benzene rings is 1. The lowest BCUT2D eigenvalue weighted by molar-refractivity contribution is -0.133. The monoisotopic (exact) mass is 354 g/mol. The molecule has 0 unspecified atom stereocenters. The van der Waals surface area contributed by atoms with E-state index in [1.165, 1.54) is 0 Å². The van der Waals surface area contributed by atoms with E-state index in [1.54, 1.807) is 18.2 Å². The SMILES string of the molecule is C[C@H]1CNCCN1C(=O)CCC(=O)c1ccc2c(c1)OCCO2.Cl. The summed E-state index contributed by atoms with van der Waals surface area (Å²) in [5, 5.41) is 3.25. The molecule has 1 amide bonds. The summed E-state index contributed by atoms with van der Waals surface area (Å²) < 4.78 is 10.9. The lowest BCUT2D eigenvalue weighted by Crippen LogP contribution is -2.52. The Balaban J connectivity index is 0.00000208. The summed E-state index contributed by atoms with van der Waals surface area (Å²) in [6.07, 6.45) is 0.465. The molecule has 1 saturated heterocycles. The average Bonchev–Trinajstić information content (AvgIpc) is 2.59. The van der Waals surface area contributed by atoms with E-state index in [0.717, 1.165) is 13.1 Å².